The first-order valence-corrected chi connectivity index (χ1v) is 6.74. The zero-order chi connectivity index (χ0) is 16.2. The number of hydrogen-bond acceptors (Lipinski definition) is 3. The molecule has 0 unspecified atom stereocenters. The van der Waals surface area contributed by atoms with Gasteiger partial charge >= 0.3 is 6.18 Å². The van der Waals surface area contributed by atoms with Crippen molar-refractivity contribution in [2.24, 2.45) is 0 Å². The van der Waals surface area contributed by atoms with E-state index in [9.17, 15) is 17.6 Å². The van der Waals surface area contributed by atoms with Gasteiger partial charge in [0.25, 0.3) is 0 Å². The van der Waals surface area contributed by atoms with Crippen LogP contribution >= 0.6 is 0 Å². The zero-order valence-corrected chi connectivity index (χ0v) is 11.9. The van der Waals surface area contributed by atoms with E-state index in [2.05, 4.69) is 15.3 Å². The first kappa shape index (κ1) is 16.2. The molecule has 0 saturated heterocycles. The van der Waals surface area contributed by atoms with Gasteiger partial charge in [-0.15, -0.1) is 0 Å². The molecule has 1 heterocycles. The van der Waals surface area contributed by atoms with E-state index in [1.54, 1.807) is 12.1 Å². The molecule has 0 aliphatic heterocycles. The SMILES string of the molecule is C[C@@H](Nc1nccc(CCC(F)(F)F)n1)c1ccc(F)cc1. The highest BCUT2D eigenvalue weighted by molar-refractivity contribution is 5.32. The smallest absolute Gasteiger partial charge is 0.348 e. The molecular formula is C15H15F4N3. The average molecular weight is 313 g/mol. The number of anilines is 1. The van der Waals surface area contributed by atoms with Gasteiger partial charge in [-0.3, -0.25) is 0 Å². The van der Waals surface area contributed by atoms with Crippen LogP contribution < -0.4 is 5.32 Å². The average Bonchev–Trinajstić information content (AvgIpc) is 2.45. The van der Waals surface area contributed by atoms with E-state index >= 15 is 0 Å². The van der Waals surface area contributed by atoms with Crippen molar-refractivity contribution >= 4 is 5.95 Å². The fourth-order valence-corrected chi connectivity index (χ4v) is 1.90. The van der Waals surface area contributed by atoms with Crippen LogP contribution in [0.1, 0.15) is 30.6 Å². The third-order valence-electron chi connectivity index (χ3n) is 3.09. The van der Waals surface area contributed by atoms with Gasteiger partial charge in [0.15, 0.2) is 0 Å². The molecule has 22 heavy (non-hydrogen) atoms. The van der Waals surface area contributed by atoms with Crippen molar-refractivity contribution in [3.8, 4) is 0 Å². The van der Waals surface area contributed by atoms with Gasteiger partial charge in [-0.25, -0.2) is 14.4 Å². The number of benzene rings is 1. The van der Waals surface area contributed by atoms with Crippen LogP contribution in [0, 0.1) is 5.82 Å². The number of hydrogen-bond donors (Lipinski definition) is 1. The van der Waals surface area contributed by atoms with E-state index < -0.39 is 12.6 Å². The second kappa shape index (κ2) is 6.72. The van der Waals surface area contributed by atoms with Crippen molar-refractivity contribution in [3.63, 3.8) is 0 Å². The van der Waals surface area contributed by atoms with Gasteiger partial charge in [0, 0.05) is 18.3 Å². The van der Waals surface area contributed by atoms with Crippen LogP contribution in [-0.4, -0.2) is 16.1 Å². The minimum atomic E-state index is -4.21. The third kappa shape index (κ3) is 4.98. The predicted octanol–water partition coefficient (Wildman–Crippen LogP) is 4.28. The summed E-state index contributed by atoms with van der Waals surface area (Å²) in [7, 11) is 0. The maximum absolute atomic E-state index is 12.9. The summed E-state index contributed by atoms with van der Waals surface area (Å²) in [5.74, 6) is -0.0853. The molecule has 1 atom stereocenters. The largest absolute Gasteiger partial charge is 0.389 e. The van der Waals surface area contributed by atoms with Crippen molar-refractivity contribution in [2.75, 3.05) is 5.32 Å². The molecule has 118 valence electrons. The monoisotopic (exact) mass is 313 g/mol. The maximum Gasteiger partial charge on any atom is 0.389 e. The first-order valence-electron chi connectivity index (χ1n) is 6.74. The van der Waals surface area contributed by atoms with E-state index in [0.717, 1.165) is 5.56 Å². The molecule has 7 heteroatoms. The first-order chi connectivity index (χ1) is 10.3. The van der Waals surface area contributed by atoms with Crippen LogP contribution in [0.5, 0.6) is 0 Å². The molecule has 0 bridgehead atoms. The number of aryl methyl sites for hydroxylation is 1. The number of nitrogens with one attached hydrogen (secondary N) is 1. The molecule has 0 spiro atoms. The minimum absolute atomic E-state index is 0.189. The van der Waals surface area contributed by atoms with E-state index in [0.29, 0.717) is 5.69 Å². The summed E-state index contributed by atoms with van der Waals surface area (Å²) in [5, 5.41) is 2.99. The molecule has 0 aliphatic carbocycles. The summed E-state index contributed by atoms with van der Waals surface area (Å²) in [4.78, 5) is 8.05. The van der Waals surface area contributed by atoms with Crippen molar-refractivity contribution < 1.29 is 17.6 Å². The van der Waals surface area contributed by atoms with Gasteiger partial charge in [-0.05, 0) is 37.1 Å². The minimum Gasteiger partial charge on any atom is -0.348 e. The Morgan fingerprint density at radius 2 is 1.82 bits per heavy atom. The van der Waals surface area contributed by atoms with E-state index in [1.807, 2.05) is 6.92 Å². The molecule has 1 N–H and O–H groups in total. The second-order valence-electron chi connectivity index (χ2n) is 4.90. The summed E-state index contributed by atoms with van der Waals surface area (Å²) >= 11 is 0. The number of halogens is 4. The van der Waals surface area contributed by atoms with Crippen molar-refractivity contribution in [3.05, 3.63) is 53.6 Å². The molecule has 0 radical (unpaired) electrons. The Balaban J connectivity index is 2.02. The van der Waals surface area contributed by atoms with Crippen LogP contribution in [0.2, 0.25) is 0 Å². The highest BCUT2D eigenvalue weighted by atomic mass is 19.4. The Hall–Kier alpha value is -2.18. The van der Waals surface area contributed by atoms with Crippen LogP contribution in [0.4, 0.5) is 23.5 Å². The lowest BCUT2D eigenvalue weighted by Crippen LogP contribution is -2.12. The predicted molar refractivity (Wildman–Crippen MR) is 74.8 cm³/mol. The quantitative estimate of drug-likeness (QED) is 0.837. The molecule has 0 fully saturated rings. The van der Waals surface area contributed by atoms with Gasteiger partial charge in [0.2, 0.25) is 5.95 Å². The topological polar surface area (TPSA) is 37.8 Å². The molecule has 2 rings (SSSR count). The Kier molecular flexibility index (Phi) is 4.95. The molecule has 1 aromatic carbocycles. The number of aromatic nitrogens is 2. The Labute approximate surface area is 125 Å². The van der Waals surface area contributed by atoms with E-state index in [-0.39, 0.29) is 24.2 Å². The Morgan fingerprint density at radius 1 is 1.14 bits per heavy atom. The van der Waals surface area contributed by atoms with Crippen LogP contribution in [0.3, 0.4) is 0 Å². The molecule has 1 aromatic heterocycles. The lowest BCUT2D eigenvalue weighted by atomic mass is 10.1. The summed E-state index contributed by atoms with van der Waals surface area (Å²) in [6.45, 7) is 1.83. The number of alkyl halides is 3. The van der Waals surface area contributed by atoms with E-state index in [4.69, 9.17) is 0 Å². The molecule has 0 amide bonds. The lowest BCUT2D eigenvalue weighted by Gasteiger charge is -2.14. The third-order valence-corrected chi connectivity index (χ3v) is 3.09. The fraction of sp³-hybridized carbons (Fsp3) is 0.333. The van der Waals surface area contributed by atoms with Crippen molar-refractivity contribution in [1.82, 2.24) is 9.97 Å². The molecule has 2 aromatic rings. The standard InChI is InChI=1S/C15H15F4N3/c1-10(11-2-4-12(16)5-3-11)21-14-20-9-7-13(22-14)6-8-15(17,18)19/h2-5,7,9-10H,6,8H2,1H3,(H,20,21,22)/t10-/m1/s1. The molecular weight excluding hydrogens is 298 g/mol. The molecule has 0 aliphatic rings. The van der Waals surface area contributed by atoms with Gasteiger partial charge in [0.05, 0.1) is 6.04 Å². The van der Waals surface area contributed by atoms with E-state index in [1.165, 1.54) is 24.4 Å². The number of rotatable bonds is 5. The van der Waals surface area contributed by atoms with Crippen molar-refractivity contribution in [2.45, 2.75) is 32.0 Å². The molecule has 0 saturated carbocycles. The second-order valence-corrected chi connectivity index (χ2v) is 4.90. The lowest BCUT2D eigenvalue weighted by molar-refractivity contribution is -0.134. The zero-order valence-electron chi connectivity index (χ0n) is 11.9. The van der Waals surface area contributed by atoms with Gasteiger partial charge in [-0.2, -0.15) is 13.2 Å². The highest BCUT2D eigenvalue weighted by Gasteiger charge is 2.26. The van der Waals surface area contributed by atoms with Gasteiger partial charge in [-0.1, -0.05) is 12.1 Å². The van der Waals surface area contributed by atoms with Crippen molar-refractivity contribution in [1.29, 1.82) is 0 Å². The normalized spacial score (nSPS) is 13.0. The summed E-state index contributed by atoms with van der Waals surface area (Å²) in [6.07, 6.45) is -3.90. The van der Waals surface area contributed by atoms with Gasteiger partial charge < -0.3 is 5.32 Å². The Bertz CT molecular complexity index is 611. The number of nitrogens with zero attached hydrogens (tertiary/aromatic N) is 2. The fourth-order valence-electron chi connectivity index (χ4n) is 1.90. The van der Waals surface area contributed by atoms with Crippen LogP contribution in [-0.2, 0) is 6.42 Å². The highest BCUT2D eigenvalue weighted by Crippen LogP contribution is 2.22. The van der Waals surface area contributed by atoms with Crippen LogP contribution in [0.15, 0.2) is 36.5 Å². The van der Waals surface area contributed by atoms with Crippen LogP contribution in [0.25, 0.3) is 0 Å². The maximum atomic E-state index is 12.9. The van der Waals surface area contributed by atoms with Gasteiger partial charge in [0.1, 0.15) is 5.82 Å². The molecule has 3 nitrogen and oxygen atoms in total. The Morgan fingerprint density at radius 3 is 2.45 bits per heavy atom. The summed E-state index contributed by atoms with van der Waals surface area (Å²) < 4.78 is 49.5. The summed E-state index contributed by atoms with van der Waals surface area (Å²) in [5.41, 5.74) is 1.15. The summed E-state index contributed by atoms with van der Waals surface area (Å²) in [6, 6.07) is 7.20.